The Bertz CT molecular complexity index is 1390. The van der Waals surface area contributed by atoms with Crippen molar-refractivity contribution in [2.75, 3.05) is 18.4 Å². The highest BCUT2D eigenvalue weighted by Gasteiger charge is 2.25. The van der Waals surface area contributed by atoms with Crippen molar-refractivity contribution in [1.29, 1.82) is 0 Å². The van der Waals surface area contributed by atoms with Crippen molar-refractivity contribution in [2.24, 2.45) is 0 Å². The van der Waals surface area contributed by atoms with Crippen LogP contribution in [0.25, 0.3) is 0 Å². The molecule has 1 amide bonds. The Hall–Kier alpha value is -3.84. The number of aryl methyl sites for hydroxylation is 3. The second kappa shape index (κ2) is 11.5. The van der Waals surface area contributed by atoms with E-state index in [1.165, 1.54) is 36.2 Å². The monoisotopic (exact) mass is 530 g/mol. The van der Waals surface area contributed by atoms with E-state index in [2.05, 4.69) is 26.8 Å². The molecule has 37 heavy (non-hydrogen) atoms. The number of carbonyl (C=O) groups is 2. The van der Waals surface area contributed by atoms with Gasteiger partial charge in [0.1, 0.15) is 17.7 Å². The van der Waals surface area contributed by atoms with E-state index in [-0.39, 0.29) is 11.1 Å². The average Bonchev–Trinajstić information content (AvgIpc) is 3.34. The molecule has 0 bridgehead atoms. The van der Waals surface area contributed by atoms with Crippen LogP contribution in [-0.2, 0) is 40.0 Å². The molecule has 3 heterocycles. The maximum Gasteiger partial charge on any atom is 0.323 e. The van der Waals surface area contributed by atoms with Crippen LogP contribution >= 0.6 is 0 Å². The highest BCUT2D eigenvalue weighted by molar-refractivity contribution is 7.88. The largest absolute Gasteiger partial charge is 0.480 e. The fourth-order valence-corrected chi connectivity index (χ4v) is 5.24. The summed E-state index contributed by atoms with van der Waals surface area (Å²) < 4.78 is 41.7. The maximum atomic E-state index is 13.3. The Kier molecular flexibility index (Phi) is 8.14. The summed E-state index contributed by atoms with van der Waals surface area (Å²) in [6.45, 7) is 0.892. The number of nitrogens with zero attached hydrogens (tertiary/aromatic N) is 3. The standard InChI is InChI=1S/C24H27FN6O5S/c25-19-5-1-3-16(11-19)15-37(35,36)30-21(24(33)34)13-27-23(32)18-12-28-31(14-18)10-8-20-7-6-17-4-2-9-26-22(17)29-20/h1,3,5-7,11-12,14,21,30H,2,4,8-10,13,15H2,(H,26,29)(H,27,32)(H,33,34)/t21-/m0/s1. The van der Waals surface area contributed by atoms with Crippen LogP contribution in [0.15, 0.2) is 48.8 Å². The van der Waals surface area contributed by atoms with Gasteiger partial charge in [0.05, 0.1) is 17.5 Å². The van der Waals surface area contributed by atoms with Gasteiger partial charge in [-0.15, -0.1) is 0 Å². The zero-order valence-corrected chi connectivity index (χ0v) is 20.7. The second-order valence-electron chi connectivity index (χ2n) is 8.69. The normalized spacial score (nSPS) is 13.9. The third-order valence-electron chi connectivity index (χ3n) is 5.78. The highest BCUT2D eigenvalue weighted by Crippen LogP contribution is 2.20. The molecule has 0 fully saturated rings. The zero-order chi connectivity index (χ0) is 26.4. The SMILES string of the molecule is O=C(NC[C@H](NS(=O)(=O)Cc1cccc(F)c1)C(=O)O)c1cnn(CCc2ccc3c(n2)NCCC3)c1. The van der Waals surface area contributed by atoms with E-state index >= 15 is 0 Å². The summed E-state index contributed by atoms with van der Waals surface area (Å²) in [6.07, 6.45) is 5.56. The topological polar surface area (TPSA) is 155 Å². The molecule has 1 atom stereocenters. The van der Waals surface area contributed by atoms with Crippen LogP contribution in [0.2, 0.25) is 0 Å². The fourth-order valence-electron chi connectivity index (χ4n) is 3.92. The van der Waals surface area contributed by atoms with Gasteiger partial charge in [0, 0.05) is 37.9 Å². The molecule has 1 aliphatic rings. The van der Waals surface area contributed by atoms with Crippen molar-refractivity contribution in [3.63, 3.8) is 0 Å². The van der Waals surface area contributed by atoms with Crippen LogP contribution < -0.4 is 15.4 Å². The molecule has 0 spiro atoms. The van der Waals surface area contributed by atoms with Crippen LogP contribution in [0, 0.1) is 5.82 Å². The van der Waals surface area contributed by atoms with Crippen LogP contribution in [0.3, 0.4) is 0 Å². The molecule has 0 aliphatic carbocycles. The van der Waals surface area contributed by atoms with Crippen molar-refractivity contribution < 1.29 is 27.5 Å². The van der Waals surface area contributed by atoms with E-state index in [1.54, 1.807) is 4.68 Å². The number of benzene rings is 1. The molecule has 0 unspecified atom stereocenters. The highest BCUT2D eigenvalue weighted by atomic mass is 32.2. The lowest BCUT2D eigenvalue weighted by molar-refractivity contribution is -0.138. The van der Waals surface area contributed by atoms with Gasteiger partial charge in [-0.1, -0.05) is 18.2 Å². The predicted octanol–water partition coefficient (Wildman–Crippen LogP) is 1.32. The summed E-state index contributed by atoms with van der Waals surface area (Å²) >= 11 is 0. The van der Waals surface area contributed by atoms with Gasteiger partial charge in [0.2, 0.25) is 10.0 Å². The molecule has 13 heteroatoms. The van der Waals surface area contributed by atoms with Gasteiger partial charge in [-0.2, -0.15) is 9.82 Å². The Balaban J connectivity index is 1.30. The third-order valence-corrected chi connectivity index (χ3v) is 7.13. The molecule has 1 aromatic carbocycles. The number of fused-ring (bicyclic) bond motifs is 1. The molecule has 0 saturated heterocycles. The van der Waals surface area contributed by atoms with E-state index < -0.39 is 46.1 Å². The smallest absolute Gasteiger partial charge is 0.323 e. The quantitative estimate of drug-likeness (QED) is 0.289. The lowest BCUT2D eigenvalue weighted by Crippen LogP contribution is -2.48. The predicted molar refractivity (Wildman–Crippen MR) is 133 cm³/mol. The lowest BCUT2D eigenvalue weighted by atomic mass is 10.1. The third kappa shape index (κ3) is 7.33. The van der Waals surface area contributed by atoms with Gasteiger partial charge in [0.25, 0.3) is 5.91 Å². The lowest BCUT2D eigenvalue weighted by Gasteiger charge is -2.17. The number of carbonyl (C=O) groups excluding carboxylic acids is 1. The number of hydrogen-bond acceptors (Lipinski definition) is 7. The van der Waals surface area contributed by atoms with E-state index in [0.29, 0.717) is 13.0 Å². The number of pyridine rings is 1. The Morgan fingerprint density at radius 1 is 1.24 bits per heavy atom. The average molecular weight is 531 g/mol. The number of sulfonamides is 1. The number of aliphatic carboxylic acids is 1. The summed E-state index contributed by atoms with van der Waals surface area (Å²) in [6, 6.07) is 7.42. The van der Waals surface area contributed by atoms with Gasteiger partial charge in [-0.25, -0.2) is 17.8 Å². The molecule has 3 aromatic rings. The zero-order valence-electron chi connectivity index (χ0n) is 19.9. The van der Waals surface area contributed by atoms with Crippen molar-refractivity contribution in [1.82, 2.24) is 24.8 Å². The molecule has 1 aliphatic heterocycles. The number of carboxylic acids is 1. The fraction of sp³-hybridized carbons (Fsp3) is 0.333. The Labute approximate surface area is 213 Å². The second-order valence-corrected chi connectivity index (χ2v) is 10.4. The van der Waals surface area contributed by atoms with E-state index in [9.17, 15) is 27.5 Å². The number of amides is 1. The van der Waals surface area contributed by atoms with Gasteiger partial charge < -0.3 is 15.7 Å². The molecule has 196 valence electrons. The Morgan fingerprint density at radius 3 is 2.86 bits per heavy atom. The number of anilines is 1. The number of nitrogens with one attached hydrogen (secondary N) is 3. The maximum absolute atomic E-state index is 13.3. The molecule has 2 aromatic heterocycles. The number of carboxylic acid groups (broad SMARTS) is 1. The van der Waals surface area contributed by atoms with Crippen LogP contribution in [-0.4, -0.2) is 59.3 Å². The number of halogens is 1. The van der Waals surface area contributed by atoms with Crippen molar-refractivity contribution in [2.45, 2.75) is 37.6 Å². The van der Waals surface area contributed by atoms with Crippen LogP contribution in [0.4, 0.5) is 10.2 Å². The van der Waals surface area contributed by atoms with Gasteiger partial charge in [0.15, 0.2) is 0 Å². The summed E-state index contributed by atoms with van der Waals surface area (Å²) in [5.41, 5.74) is 2.45. The summed E-state index contributed by atoms with van der Waals surface area (Å²) in [5.74, 6) is -2.37. The molecule has 0 radical (unpaired) electrons. The minimum Gasteiger partial charge on any atom is -0.480 e. The first-order chi connectivity index (χ1) is 17.7. The van der Waals surface area contributed by atoms with Gasteiger partial charge in [-0.05, 0) is 42.2 Å². The molecular weight excluding hydrogens is 503 g/mol. The summed E-state index contributed by atoms with van der Waals surface area (Å²) in [7, 11) is -4.12. The van der Waals surface area contributed by atoms with Gasteiger partial charge >= 0.3 is 5.97 Å². The first-order valence-electron chi connectivity index (χ1n) is 11.7. The van der Waals surface area contributed by atoms with Crippen LogP contribution in [0.5, 0.6) is 0 Å². The summed E-state index contributed by atoms with van der Waals surface area (Å²) in [5, 5.41) is 19.3. The van der Waals surface area contributed by atoms with Gasteiger partial charge in [-0.3, -0.25) is 14.3 Å². The molecule has 4 rings (SSSR count). The minimum atomic E-state index is -4.12. The summed E-state index contributed by atoms with van der Waals surface area (Å²) in [4.78, 5) is 28.7. The molecule has 11 nitrogen and oxygen atoms in total. The molecule has 4 N–H and O–H groups in total. The first kappa shape index (κ1) is 26.2. The van der Waals surface area contributed by atoms with Crippen molar-refractivity contribution in [3.05, 3.63) is 77.0 Å². The van der Waals surface area contributed by atoms with E-state index in [0.717, 1.165) is 37.0 Å². The number of aromatic nitrogens is 3. The Morgan fingerprint density at radius 2 is 2.08 bits per heavy atom. The first-order valence-corrected chi connectivity index (χ1v) is 13.3. The van der Waals surface area contributed by atoms with E-state index in [4.69, 9.17) is 0 Å². The van der Waals surface area contributed by atoms with Crippen molar-refractivity contribution in [3.8, 4) is 0 Å². The number of rotatable bonds is 11. The number of hydrogen-bond donors (Lipinski definition) is 4. The minimum absolute atomic E-state index is 0.162. The van der Waals surface area contributed by atoms with E-state index in [1.807, 2.05) is 10.8 Å². The molecule has 0 saturated carbocycles. The molecular formula is C24H27FN6O5S. The van der Waals surface area contributed by atoms with Crippen molar-refractivity contribution >= 4 is 27.7 Å². The van der Waals surface area contributed by atoms with Crippen LogP contribution in [0.1, 0.15) is 33.6 Å².